The number of halogens is 3. The van der Waals surface area contributed by atoms with E-state index in [0.29, 0.717) is 10.0 Å². The molecule has 1 aliphatic heterocycles. The van der Waals surface area contributed by atoms with Crippen molar-refractivity contribution in [1.29, 1.82) is 0 Å². The number of rotatable bonds is 3. The fraction of sp³-hybridized carbons (Fsp3) is 0.429. The molecule has 0 amide bonds. The average molecular weight is 410 g/mol. The van der Waals surface area contributed by atoms with Crippen molar-refractivity contribution in [3.8, 4) is 0 Å². The lowest BCUT2D eigenvalue weighted by molar-refractivity contribution is 0.162. The number of anilines is 1. The van der Waals surface area contributed by atoms with E-state index in [4.69, 9.17) is 34.8 Å². The van der Waals surface area contributed by atoms with Gasteiger partial charge < -0.3 is 4.90 Å². The van der Waals surface area contributed by atoms with E-state index in [0.717, 1.165) is 36.4 Å². The van der Waals surface area contributed by atoms with Gasteiger partial charge in [-0.2, -0.15) is 0 Å². The first-order valence-electron chi connectivity index (χ1n) is 9.33. The summed E-state index contributed by atoms with van der Waals surface area (Å²) in [4.78, 5) is 5.10. The molecule has 26 heavy (non-hydrogen) atoms. The van der Waals surface area contributed by atoms with Gasteiger partial charge in [0, 0.05) is 35.7 Å². The molecule has 0 N–H and O–H groups in total. The van der Waals surface area contributed by atoms with Crippen molar-refractivity contribution >= 4 is 40.5 Å². The summed E-state index contributed by atoms with van der Waals surface area (Å²) in [7, 11) is 0. The maximum absolute atomic E-state index is 6.54. The van der Waals surface area contributed by atoms with Gasteiger partial charge in [0.15, 0.2) is 0 Å². The van der Waals surface area contributed by atoms with E-state index < -0.39 is 0 Å². The van der Waals surface area contributed by atoms with E-state index in [-0.39, 0.29) is 6.04 Å². The lowest BCUT2D eigenvalue weighted by atomic mass is 9.99. The third kappa shape index (κ3) is 3.84. The summed E-state index contributed by atoms with van der Waals surface area (Å²) in [5.74, 6) is 0. The molecule has 0 spiro atoms. The lowest BCUT2D eigenvalue weighted by Gasteiger charge is -2.45. The molecule has 1 heterocycles. The normalized spacial score (nSPS) is 22.1. The standard InChI is InChI=1S/C21H23Cl3N2/c22-16-7-5-15(6-8-16)21-14-25(18-3-1-2-4-18)11-12-26(21)20-10-9-17(23)13-19(20)24/h5-10,13,18,21H,1-4,11-12,14H2. The molecule has 138 valence electrons. The van der Waals surface area contributed by atoms with Gasteiger partial charge in [0.05, 0.1) is 16.8 Å². The molecule has 5 heteroatoms. The minimum absolute atomic E-state index is 0.264. The molecule has 1 saturated carbocycles. The Morgan fingerprint density at radius 1 is 0.808 bits per heavy atom. The lowest BCUT2D eigenvalue weighted by Crippen LogP contribution is -2.51. The van der Waals surface area contributed by atoms with Crippen LogP contribution in [0.3, 0.4) is 0 Å². The van der Waals surface area contributed by atoms with Gasteiger partial charge in [-0.25, -0.2) is 0 Å². The van der Waals surface area contributed by atoms with E-state index in [9.17, 15) is 0 Å². The highest BCUT2D eigenvalue weighted by Crippen LogP contribution is 2.38. The molecule has 0 bridgehead atoms. The summed E-state index contributed by atoms with van der Waals surface area (Å²) < 4.78 is 0. The van der Waals surface area contributed by atoms with Crippen LogP contribution in [-0.4, -0.2) is 30.6 Å². The second kappa shape index (κ2) is 7.98. The van der Waals surface area contributed by atoms with Gasteiger partial charge in [-0.05, 0) is 48.7 Å². The highest BCUT2D eigenvalue weighted by molar-refractivity contribution is 6.36. The molecule has 0 radical (unpaired) electrons. The van der Waals surface area contributed by atoms with Crippen molar-refractivity contribution in [2.45, 2.75) is 37.8 Å². The Hall–Kier alpha value is -0.930. The highest BCUT2D eigenvalue weighted by Gasteiger charge is 2.33. The summed E-state index contributed by atoms with van der Waals surface area (Å²) >= 11 is 18.8. The van der Waals surface area contributed by atoms with Gasteiger partial charge in [-0.3, -0.25) is 4.90 Å². The van der Waals surface area contributed by atoms with Crippen molar-refractivity contribution in [3.63, 3.8) is 0 Å². The minimum atomic E-state index is 0.264. The topological polar surface area (TPSA) is 6.48 Å². The molecule has 2 aromatic rings. The van der Waals surface area contributed by atoms with Crippen molar-refractivity contribution in [2.24, 2.45) is 0 Å². The predicted molar refractivity (Wildman–Crippen MR) is 112 cm³/mol. The predicted octanol–water partition coefficient (Wildman–Crippen LogP) is 6.45. The second-order valence-corrected chi connectivity index (χ2v) is 8.57. The summed E-state index contributed by atoms with van der Waals surface area (Å²) in [6.45, 7) is 3.06. The van der Waals surface area contributed by atoms with Crippen LogP contribution in [-0.2, 0) is 0 Å². The number of nitrogens with zero attached hydrogens (tertiary/aromatic N) is 2. The first-order chi connectivity index (χ1) is 12.6. The molecular formula is C21H23Cl3N2. The molecule has 1 saturated heterocycles. The van der Waals surface area contributed by atoms with Crippen LogP contribution in [0.15, 0.2) is 42.5 Å². The van der Waals surface area contributed by atoms with E-state index in [2.05, 4.69) is 21.9 Å². The molecule has 2 aromatic carbocycles. The SMILES string of the molecule is Clc1ccc(C2CN(C3CCCC3)CCN2c2ccc(Cl)cc2Cl)cc1. The summed E-state index contributed by atoms with van der Waals surface area (Å²) in [6, 6.07) is 15.0. The van der Waals surface area contributed by atoms with Gasteiger partial charge in [-0.1, -0.05) is 59.8 Å². The fourth-order valence-electron chi connectivity index (χ4n) is 4.38. The van der Waals surface area contributed by atoms with Crippen molar-refractivity contribution in [2.75, 3.05) is 24.5 Å². The third-order valence-electron chi connectivity index (χ3n) is 5.73. The van der Waals surface area contributed by atoms with Gasteiger partial charge in [-0.15, -0.1) is 0 Å². The van der Waals surface area contributed by atoms with Gasteiger partial charge >= 0.3 is 0 Å². The van der Waals surface area contributed by atoms with E-state index in [1.807, 2.05) is 30.3 Å². The molecule has 1 unspecified atom stereocenters. The molecule has 1 atom stereocenters. The second-order valence-electron chi connectivity index (χ2n) is 7.29. The molecular weight excluding hydrogens is 387 g/mol. The number of hydrogen-bond acceptors (Lipinski definition) is 2. The van der Waals surface area contributed by atoms with Crippen LogP contribution in [0, 0.1) is 0 Å². The maximum atomic E-state index is 6.54. The minimum Gasteiger partial charge on any atom is -0.361 e. The van der Waals surface area contributed by atoms with Crippen molar-refractivity contribution in [3.05, 3.63) is 63.1 Å². The fourth-order valence-corrected chi connectivity index (χ4v) is 5.02. The van der Waals surface area contributed by atoms with E-state index in [1.54, 1.807) is 0 Å². The summed E-state index contributed by atoms with van der Waals surface area (Å²) in [6.07, 6.45) is 5.38. The Bertz CT molecular complexity index is 756. The zero-order valence-electron chi connectivity index (χ0n) is 14.7. The molecule has 2 nitrogen and oxygen atoms in total. The summed E-state index contributed by atoms with van der Waals surface area (Å²) in [5.41, 5.74) is 2.34. The Balaban J connectivity index is 1.66. The quantitative estimate of drug-likeness (QED) is 0.574. The Kier molecular flexibility index (Phi) is 5.66. The Morgan fingerprint density at radius 2 is 1.50 bits per heavy atom. The van der Waals surface area contributed by atoms with Crippen molar-refractivity contribution in [1.82, 2.24) is 4.90 Å². The number of benzene rings is 2. The molecule has 0 aromatic heterocycles. The van der Waals surface area contributed by atoms with Gasteiger partial charge in [0.1, 0.15) is 0 Å². The Labute approximate surface area is 170 Å². The van der Waals surface area contributed by atoms with Gasteiger partial charge in [0.2, 0.25) is 0 Å². The monoisotopic (exact) mass is 408 g/mol. The van der Waals surface area contributed by atoms with Crippen LogP contribution in [0.5, 0.6) is 0 Å². The molecule has 2 aliphatic rings. The smallest absolute Gasteiger partial charge is 0.0670 e. The van der Waals surface area contributed by atoms with Crippen LogP contribution in [0.2, 0.25) is 15.1 Å². The van der Waals surface area contributed by atoms with Crippen LogP contribution in [0.25, 0.3) is 0 Å². The number of piperazine rings is 1. The zero-order valence-corrected chi connectivity index (χ0v) is 16.9. The van der Waals surface area contributed by atoms with Gasteiger partial charge in [0.25, 0.3) is 0 Å². The van der Waals surface area contributed by atoms with E-state index >= 15 is 0 Å². The number of hydrogen-bond donors (Lipinski definition) is 0. The average Bonchev–Trinajstić information content (AvgIpc) is 3.17. The maximum Gasteiger partial charge on any atom is 0.0670 e. The zero-order chi connectivity index (χ0) is 18.1. The molecule has 2 fully saturated rings. The van der Waals surface area contributed by atoms with Crippen LogP contribution in [0.4, 0.5) is 5.69 Å². The molecule has 4 rings (SSSR count). The van der Waals surface area contributed by atoms with Crippen molar-refractivity contribution < 1.29 is 0 Å². The van der Waals surface area contributed by atoms with Crippen LogP contribution >= 0.6 is 34.8 Å². The largest absolute Gasteiger partial charge is 0.361 e. The van der Waals surface area contributed by atoms with Crippen LogP contribution < -0.4 is 4.90 Å². The third-order valence-corrected chi connectivity index (χ3v) is 6.52. The highest BCUT2D eigenvalue weighted by atomic mass is 35.5. The first-order valence-corrected chi connectivity index (χ1v) is 10.5. The van der Waals surface area contributed by atoms with E-state index in [1.165, 1.54) is 31.2 Å². The Morgan fingerprint density at radius 3 is 2.19 bits per heavy atom. The molecule has 1 aliphatic carbocycles. The van der Waals surface area contributed by atoms with Crippen LogP contribution in [0.1, 0.15) is 37.3 Å². The summed E-state index contributed by atoms with van der Waals surface area (Å²) in [5, 5.41) is 2.16. The first kappa shape index (κ1) is 18.4.